The summed E-state index contributed by atoms with van der Waals surface area (Å²) in [6.45, 7) is 2.48. The van der Waals surface area contributed by atoms with Gasteiger partial charge in [0.15, 0.2) is 5.78 Å². The number of Topliss-reactive ketones (excluding diaryl/α,β-unsaturated/α-hetero) is 1. The van der Waals surface area contributed by atoms with E-state index >= 15 is 0 Å². The molecule has 19 heavy (non-hydrogen) atoms. The summed E-state index contributed by atoms with van der Waals surface area (Å²) in [6.07, 6.45) is 3.49. The predicted molar refractivity (Wildman–Crippen MR) is 77.5 cm³/mol. The molecule has 104 valence electrons. The number of carbonyl (C=O) groups excluding carboxylic acids is 1. The first-order chi connectivity index (χ1) is 8.98. The van der Waals surface area contributed by atoms with E-state index in [0.29, 0.717) is 16.9 Å². The average molecular weight is 328 g/mol. The Morgan fingerprint density at radius 1 is 1.47 bits per heavy atom. The van der Waals surface area contributed by atoms with Crippen molar-refractivity contribution in [1.82, 2.24) is 0 Å². The molecule has 1 aromatic rings. The molecule has 0 atom stereocenters. The summed E-state index contributed by atoms with van der Waals surface area (Å²) >= 11 is 3.29. The number of halogens is 2. The van der Waals surface area contributed by atoms with E-state index < -0.39 is 11.2 Å². The maximum atomic E-state index is 13.9. The highest BCUT2D eigenvalue weighted by Crippen LogP contribution is 2.41. The molecule has 0 bridgehead atoms. The van der Waals surface area contributed by atoms with Gasteiger partial charge in [-0.05, 0) is 49.8 Å². The maximum absolute atomic E-state index is 13.9. The molecule has 0 unspecified atom stereocenters. The molecule has 1 fully saturated rings. The van der Waals surface area contributed by atoms with Crippen LogP contribution < -0.4 is 5.73 Å². The average Bonchev–Trinajstić information content (AvgIpc) is 2.42. The van der Waals surface area contributed by atoms with Gasteiger partial charge in [-0.1, -0.05) is 22.9 Å². The summed E-state index contributed by atoms with van der Waals surface area (Å²) < 4.78 is 14.6. The van der Waals surface area contributed by atoms with Crippen molar-refractivity contribution in [2.75, 3.05) is 6.54 Å². The number of hydrogen-bond donors (Lipinski definition) is 1. The molecule has 2 nitrogen and oxygen atoms in total. The highest BCUT2D eigenvalue weighted by Gasteiger charge is 2.41. The highest BCUT2D eigenvalue weighted by atomic mass is 79.9. The Hall–Kier alpha value is -0.740. The van der Waals surface area contributed by atoms with Crippen LogP contribution in [0, 0.1) is 17.2 Å². The fourth-order valence-electron chi connectivity index (χ4n) is 2.80. The minimum atomic E-state index is -0.575. The second-order valence-electron chi connectivity index (χ2n) is 5.62. The Morgan fingerprint density at radius 3 is 2.68 bits per heavy atom. The Kier molecular flexibility index (Phi) is 4.41. The summed E-state index contributed by atoms with van der Waals surface area (Å²) in [5.74, 6) is 0.0279. The lowest BCUT2D eigenvalue weighted by Gasteiger charge is -2.37. The van der Waals surface area contributed by atoms with E-state index in [4.69, 9.17) is 5.73 Å². The number of hydrogen-bond acceptors (Lipinski definition) is 2. The molecule has 1 aliphatic carbocycles. The highest BCUT2D eigenvalue weighted by molar-refractivity contribution is 9.10. The Labute approximate surface area is 121 Å². The van der Waals surface area contributed by atoms with Gasteiger partial charge in [0.05, 0.1) is 5.56 Å². The van der Waals surface area contributed by atoms with Crippen LogP contribution in [0.1, 0.15) is 43.0 Å². The predicted octanol–water partition coefficient (Wildman–Crippen LogP) is 3.93. The first-order valence-electron chi connectivity index (χ1n) is 6.68. The minimum absolute atomic E-state index is 0.138. The molecular weight excluding hydrogens is 309 g/mol. The van der Waals surface area contributed by atoms with Crippen LogP contribution in [0.25, 0.3) is 0 Å². The summed E-state index contributed by atoms with van der Waals surface area (Å²) in [4.78, 5) is 12.7. The number of nitrogens with two attached hydrogens (primary N) is 1. The van der Waals surface area contributed by atoms with E-state index in [1.54, 1.807) is 12.1 Å². The molecule has 1 aliphatic rings. The minimum Gasteiger partial charge on any atom is -0.329 e. The van der Waals surface area contributed by atoms with E-state index in [1.807, 2.05) is 0 Å². The molecule has 2 N–H and O–H groups in total. The molecule has 0 aliphatic heterocycles. The summed E-state index contributed by atoms with van der Waals surface area (Å²) in [5.41, 5.74) is 5.44. The van der Waals surface area contributed by atoms with Gasteiger partial charge < -0.3 is 5.73 Å². The molecule has 1 aromatic carbocycles. The lowest BCUT2D eigenvalue weighted by molar-refractivity contribution is 0.0691. The van der Waals surface area contributed by atoms with E-state index in [2.05, 4.69) is 22.9 Å². The molecule has 1 saturated carbocycles. The van der Waals surface area contributed by atoms with Crippen LogP contribution in [-0.4, -0.2) is 12.3 Å². The quantitative estimate of drug-likeness (QED) is 0.855. The van der Waals surface area contributed by atoms with E-state index in [9.17, 15) is 9.18 Å². The third-order valence-electron chi connectivity index (χ3n) is 4.28. The summed E-state index contributed by atoms with van der Waals surface area (Å²) in [7, 11) is 0. The fourth-order valence-corrected chi connectivity index (χ4v) is 3.16. The fraction of sp³-hybridized carbons (Fsp3) is 0.533. The molecular formula is C15H19BrFNO. The van der Waals surface area contributed by atoms with Crippen molar-refractivity contribution in [3.63, 3.8) is 0 Å². The number of benzene rings is 1. The van der Waals surface area contributed by atoms with E-state index in [1.165, 1.54) is 6.07 Å². The Morgan fingerprint density at radius 2 is 2.11 bits per heavy atom. The van der Waals surface area contributed by atoms with Crippen molar-refractivity contribution in [3.05, 3.63) is 34.1 Å². The second-order valence-corrected chi connectivity index (χ2v) is 6.54. The number of rotatable bonds is 3. The van der Waals surface area contributed by atoms with Crippen molar-refractivity contribution >= 4 is 21.7 Å². The number of carbonyl (C=O) groups is 1. The zero-order valence-electron chi connectivity index (χ0n) is 11.1. The smallest absolute Gasteiger partial charge is 0.173 e. The first-order valence-corrected chi connectivity index (χ1v) is 7.48. The topological polar surface area (TPSA) is 43.1 Å². The van der Waals surface area contributed by atoms with Crippen LogP contribution in [0.2, 0.25) is 0 Å². The van der Waals surface area contributed by atoms with Crippen molar-refractivity contribution in [1.29, 1.82) is 0 Å². The summed E-state index contributed by atoms with van der Waals surface area (Å²) in [5, 5.41) is 0. The van der Waals surface area contributed by atoms with Crippen LogP contribution in [0.3, 0.4) is 0 Å². The monoisotopic (exact) mass is 327 g/mol. The van der Waals surface area contributed by atoms with Crippen molar-refractivity contribution in [3.8, 4) is 0 Å². The molecule has 0 radical (unpaired) electrons. The molecule has 4 heteroatoms. The van der Waals surface area contributed by atoms with Crippen LogP contribution in [-0.2, 0) is 0 Å². The van der Waals surface area contributed by atoms with Gasteiger partial charge in [-0.15, -0.1) is 0 Å². The largest absolute Gasteiger partial charge is 0.329 e. The van der Waals surface area contributed by atoms with Crippen LogP contribution in [0.5, 0.6) is 0 Å². The second kappa shape index (κ2) is 5.71. The Balaban J connectivity index is 2.33. The number of ketones is 1. The van der Waals surface area contributed by atoms with Gasteiger partial charge in [-0.25, -0.2) is 4.39 Å². The standard InChI is InChI=1S/C15H19BrFNO/c1-10-4-6-15(9-18,7-5-10)14(19)12-8-11(16)2-3-13(12)17/h2-3,8,10H,4-7,9,18H2,1H3. The molecule has 0 aromatic heterocycles. The van der Waals surface area contributed by atoms with Gasteiger partial charge >= 0.3 is 0 Å². The maximum Gasteiger partial charge on any atom is 0.173 e. The van der Waals surface area contributed by atoms with Crippen molar-refractivity contribution < 1.29 is 9.18 Å². The summed E-state index contributed by atoms with van der Waals surface area (Å²) in [6, 6.07) is 4.49. The molecule has 2 rings (SSSR count). The van der Waals surface area contributed by atoms with E-state index in [-0.39, 0.29) is 11.3 Å². The Bertz CT molecular complexity index is 481. The molecule has 0 heterocycles. The lowest BCUT2D eigenvalue weighted by atomic mass is 9.67. The van der Waals surface area contributed by atoms with Gasteiger partial charge in [0.2, 0.25) is 0 Å². The third kappa shape index (κ3) is 2.90. The van der Waals surface area contributed by atoms with Gasteiger partial charge in [0, 0.05) is 16.4 Å². The third-order valence-corrected chi connectivity index (χ3v) is 4.77. The van der Waals surface area contributed by atoms with Crippen LogP contribution in [0.4, 0.5) is 4.39 Å². The van der Waals surface area contributed by atoms with Crippen molar-refractivity contribution in [2.24, 2.45) is 17.1 Å². The SMILES string of the molecule is CC1CCC(CN)(C(=O)c2cc(Br)ccc2F)CC1. The van der Waals surface area contributed by atoms with Gasteiger partial charge in [-0.2, -0.15) is 0 Å². The lowest BCUT2D eigenvalue weighted by Crippen LogP contribution is -2.42. The van der Waals surface area contributed by atoms with Gasteiger partial charge in [0.1, 0.15) is 5.82 Å². The zero-order chi connectivity index (χ0) is 14.0. The van der Waals surface area contributed by atoms with E-state index in [0.717, 1.165) is 25.7 Å². The normalized spacial score (nSPS) is 27.3. The molecule has 0 spiro atoms. The van der Waals surface area contributed by atoms with Gasteiger partial charge in [-0.3, -0.25) is 4.79 Å². The van der Waals surface area contributed by atoms with Gasteiger partial charge in [0.25, 0.3) is 0 Å². The first kappa shape index (κ1) is 14.7. The van der Waals surface area contributed by atoms with Crippen molar-refractivity contribution in [2.45, 2.75) is 32.6 Å². The zero-order valence-corrected chi connectivity index (χ0v) is 12.7. The molecule has 0 amide bonds. The van der Waals surface area contributed by atoms with Crippen LogP contribution in [0.15, 0.2) is 22.7 Å². The van der Waals surface area contributed by atoms with Crippen LogP contribution >= 0.6 is 15.9 Å². The molecule has 0 saturated heterocycles.